The van der Waals surface area contributed by atoms with Gasteiger partial charge in [-0.3, -0.25) is 4.79 Å². The van der Waals surface area contributed by atoms with E-state index in [0.717, 1.165) is 18.4 Å². The molecule has 110 valence electrons. The third-order valence-electron chi connectivity index (χ3n) is 3.08. The van der Waals surface area contributed by atoms with Crippen molar-refractivity contribution in [3.05, 3.63) is 29.3 Å². The maximum absolute atomic E-state index is 11.5. The predicted molar refractivity (Wildman–Crippen MR) is 82.0 cm³/mol. The van der Waals surface area contributed by atoms with Crippen LogP contribution in [0.25, 0.3) is 0 Å². The third kappa shape index (κ3) is 6.36. The molecule has 0 saturated carbocycles. The van der Waals surface area contributed by atoms with E-state index in [1.165, 1.54) is 25.5 Å². The number of aromatic hydroxyl groups is 1. The number of hydrogen-bond acceptors (Lipinski definition) is 3. The van der Waals surface area contributed by atoms with Gasteiger partial charge in [-0.05, 0) is 25.5 Å². The highest BCUT2D eigenvalue weighted by atomic mass is 16.3. The number of nitrogens with zero attached hydrogens (tertiary/aromatic N) is 1. The number of carbonyl (C=O) groups is 1. The van der Waals surface area contributed by atoms with Crippen LogP contribution >= 0.6 is 0 Å². The van der Waals surface area contributed by atoms with Crippen molar-refractivity contribution in [3.63, 3.8) is 0 Å². The lowest BCUT2D eigenvalue weighted by Gasteiger charge is -2.01. The lowest BCUT2D eigenvalue weighted by molar-refractivity contribution is -0.121. The maximum Gasteiger partial charge on any atom is 0.240 e. The van der Waals surface area contributed by atoms with Crippen molar-refractivity contribution in [3.8, 4) is 5.75 Å². The zero-order valence-corrected chi connectivity index (χ0v) is 12.4. The molecule has 1 aromatic carbocycles. The number of hydrogen-bond donors (Lipinski definition) is 2. The van der Waals surface area contributed by atoms with Gasteiger partial charge in [0, 0.05) is 12.0 Å². The second-order valence-electron chi connectivity index (χ2n) is 5.02. The van der Waals surface area contributed by atoms with Crippen molar-refractivity contribution in [1.82, 2.24) is 5.43 Å². The van der Waals surface area contributed by atoms with Crippen LogP contribution in [-0.4, -0.2) is 17.2 Å². The van der Waals surface area contributed by atoms with Gasteiger partial charge in [0.1, 0.15) is 5.75 Å². The Kier molecular flexibility index (Phi) is 7.40. The van der Waals surface area contributed by atoms with Crippen molar-refractivity contribution < 1.29 is 9.90 Å². The predicted octanol–water partition coefficient (Wildman–Crippen LogP) is 3.51. The molecule has 1 aromatic rings. The minimum Gasteiger partial charge on any atom is -0.507 e. The molecule has 0 heterocycles. The number of aryl methyl sites for hydroxylation is 1. The number of rotatable bonds is 8. The smallest absolute Gasteiger partial charge is 0.240 e. The van der Waals surface area contributed by atoms with Gasteiger partial charge in [-0.2, -0.15) is 5.10 Å². The summed E-state index contributed by atoms with van der Waals surface area (Å²) in [6.45, 7) is 4.10. The van der Waals surface area contributed by atoms with Gasteiger partial charge >= 0.3 is 0 Å². The number of phenolic OH excluding ortho intramolecular Hbond substituents is 1. The summed E-state index contributed by atoms with van der Waals surface area (Å²) in [5.74, 6) is 0.0815. The molecule has 1 amide bonds. The standard InChI is InChI=1S/C16H24N2O2/c1-3-4-5-6-7-8-16(20)18-17-12-14-11-13(2)9-10-15(14)19/h9-12,19H,3-8H2,1-2H3,(H,18,20). The molecule has 0 aliphatic carbocycles. The molecule has 0 aromatic heterocycles. The molecule has 2 N–H and O–H groups in total. The average molecular weight is 276 g/mol. The fraction of sp³-hybridized carbons (Fsp3) is 0.500. The van der Waals surface area contributed by atoms with E-state index < -0.39 is 0 Å². The van der Waals surface area contributed by atoms with Crippen molar-refractivity contribution >= 4 is 12.1 Å². The first-order chi connectivity index (χ1) is 9.63. The van der Waals surface area contributed by atoms with Gasteiger partial charge in [-0.15, -0.1) is 0 Å². The quantitative estimate of drug-likeness (QED) is 0.433. The second-order valence-corrected chi connectivity index (χ2v) is 5.02. The van der Waals surface area contributed by atoms with Gasteiger partial charge in [0.2, 0.25) is 5.91 Å². The topological polar surface area (TPSA) is 61.7 Å². The molecular formula is C16H24N2O2. The van der Waals surface area contributed by atoms with Gasteiger partial charge in [0.05, 0.1) is 6.21 Å². The van der Waals surface area contributed by atoms with Gasteiger partial charge in [0.15, 0.2) is 0 Å². The van der Waals surface area contributed by atoms with Crippen LogP contribution in [0.1, 0.15) is 56.6 Å². The Hall–Kier alpha value is -1.84. The van der Waals surface area contributed by atoms with Crippen molar-refractivity contribution in [2.24, 2.45) is 5.10 Å². The van der Waals surface area contributed by atoms with Crippen LogP contribution < -0.4 is 5.43 Å². The van der Waals surface area contributed by atoms with Crippen LogP contribution in [0.2, 0.25) is 0 Å². The zero-order chi connectivity index (χ0) is 14.8. The molecule has 0 unspecified atom stereocenters. The van der Waals surface area contributed by atoms with Gasteiger partial charge in [0.25, 0.3) is 0 Å². The summed E-state index contributed by atoms with van der Waals surface area (Å²) in [5, 5.41) is 13.5. The van der Waals surface area contributed by atoms with Crippen LogP contribution in [-0.2, 0) is 4.79 Å². The monoisotopic (exact) mass is 276 g/mol. The molecular weight excluding hydrogens is 252 g/mol. The minimum atomic E-state index is -0.0788. The molecule has 0 aliphatic rings. The number of amides is 1. The number of carbonyl (C=O) groups excluding carboxylic acids is 1. The molecule has 0 fully saturated rings. The first kappa shape index (κ1) is 16.2. The highest BCUT2D eigenvalue weighted by Gasteiger charge is 2.00. The lowest BCUT2D eigenvalue weighted by Crippen LogP contribution is -2.16. The van der Waals surface area contributed by atoms with E-state index >= 15 is 0 Å². The molecule has 20 heavy (non-hydrogen) atoms. The summed E-state index contributed by atoms with van der Waals surface area (Å²) in [4.78, 5) is 11.5. The van der Waals surface area contributed by atoms with E-state index in [-0.39, 0.29) is 11.7 Å². The maximum atomic E-state index is 11.5. The van der Waals surface area contributed by atoms with Crippen LogP contribution in [0.15, 0.2) is 23.3 Å². The van der Waals surface area contributed by atoms with E-state index in [2.05, 4.69) is 17.5 Å². The van der Waals surface area contributed by atoms with Crippen molar-refractivity contribution in [2.45, 2.75) is 52.4 Å². The molecule has 1 rings (SSSR count). The van der Waals surface area contributed by atoms with E-state index in [1.54, 1.807) is 6.07 Å². The van der Waals surface area contributed by atoms with Gasteiger partial charge < -0.3 is 5.11 Å². The highest BCUT2D eigenvalue weighted by molar-refractivity contribution is 5.85. The molecule has 0 saturated heterocycles. The van der Waals surface area contributed by atoms with E-state index in [0.29, 0.717) is 12.0 Å². The molecule has 0 aliphatic heterocycles. The van der Waals surface area contributed by atoms with Crippen LogP contribution in [0.3, 0.4) is 0 Å². The molecule has 0 atom stereocenters. The largest absolute Gasteiger partial charge is 0.507 e. The third-order valence-corrected chi connectivity index (χ3v) is 3.08. The summed E-state index contributed by atoms with van der Waals surface area (Å²) in [7, 11) is 0. The Morgan fingerprint density at radius 1 is 1.30 bits per heavy atom. The molecule has 0 bridgehead atoms. The summed E-state index contributed by atoms with van der Waals surface area (Å²) in [6.07, 6.45) is 7.58. The van der Waals surface area contributed by atoms with Crippen LogP contribution in [0.5, 0.6) is 5.75 Å². The van der Waals surface area contributed by atoms with Crippen molar-refractivity contribution in [2.75, 3.05) is 0 Å². The fourth-order valence-electron chi connectivity index (χ4n) is 1.90. The van der Waals surface area contributed by atoms with Crippen molar-refractivity contribution in [1.29, 1.82) is 0 Å². The normalized spacial score (nSPS) is 10.9. The summed E-state index contributed by atoms with van der Waals surface area (Å²) in [5.41, 5.74) is 4.13. The highest BCUT2D eigenvalue weighted by Crippen LogP contribution is 2.15. The fourth-order valence-corrected chi connectivity index (χ4v) is 1.90. The number of nitrogens with one attached hydrogen (secondary N) is 1. The number of benzene rings is 1. The van der Waals surface area contributed by atoms with Gasteiger partial charge in [-0.1, -0.05) is 44.2 Å². The van der Waals surface area contributed by atoms with Gasteiger partial charge in [-0.25, -0.2) is 5.43 Å². The Labute approximate surface area is 120 Å². The Bertz CT molecular complexity index is 456. The minimum absolute atomic E-state index is 0.0788. The number of unbranched alkanes of at least 4 members (excludes halogenated alkanes) is 4. The molecule has 0 radical (unpaired) electrons. The first-order valence-electron chi connectivity index (χ1n) is 7.25. The summed E-state index contributed by atoms with van der Waals surface area (Å²) < 4.78 is 0. The van der Waals surface area contributed by atoms with E-state index in [1.807, 2.05) is 19.1 Å². The lowest BCUT2D eigenvalue weighted by atomic mass is 10.1. The number of phenols is 1. The first-order valence-corrected chi connectivity index (χ1v) is 7.25. The Balaban J connectivity index is 2.29. The zero-order valence-electron chi connectivity index (χ0n) is 12.4. The van der Waals surface area contributed by atoms with Crippen LogP contribution in [0, 0.1) is 6.92 Å². The van der Waals surface area contributed by atoms with E-state index in [9.17, 15) is 9.90 Å². The Morgan fingerprint density at radius 2 is 2.05 bits per heavy atom. The second kappa shape index (κ2) is 9.13. The summed E-state index contributed by atoms with van der Waals surface area (Å²) >= 11 is 0. The SMILES string of the molecule is CCCCCCCC(=O)NN=Cc1cc(C)ccc1O. The average Bonchev–Trinajstić information content (AvgIpc) is 2.42. The molecule has 0 spiro atoms. The molecule has 4 heteroatoms. The molecule has 4 nitrogen and oxygen atoms in total. The van der Waals surface area contributed by atoms with E-state index in [4.69, 9.17) is 0 Å². The number of hydrazone groups is 1. The summed E-state index contributed by atoms with van der Waals surface area (Å²) in [6, 6.07) is 5.25. The van der Waals surface area contributed by atoms with Crippen LogP contribution in [0.4, 0.5) is 0 Å². The Morgan fingerprint density at radius 3 is 2.80 bits per heavy atom.